The summed E-state index contributed by atoms with van der Waals surface area (Å²) in [6.45, 7) is 4.48. The summed E-state index contributed by atoms with van der Waals surface area (Å²) >= 11 is 0. The van der Waals surface area contributed by atoms with Gasteiger partial charge < -0.3 is 4.74 Å². The van der Waals surface area contributed by atoms with Gasteiger partial charge in [-0.05, 0) is 24.3 Å². The Morgan fingerprint density at radius 2 is 2.00 bits per heavy atom. The van der Waals surface area contributed by atoms with Gasteiger partial charge in [0.15, 0.2) is 0 Å². The van der Waals surface area contributed by atoms with E-state index in [0.29, 0.717) is 18.1 Å². The first-order chi connectivity index (χ1) is 6.81. The molecule has 1 heteroatoms. The van der Waals surface area contributed by atoms with E-state index in [2.05, 4.69) is 44.2 Å². The highest BCUT2D eigenvalue weighted by Gasteiger charge is 2.40. The topological polar surface area (TPSA) is 12.5 Å². The molecule has 0 spiro atoms. The first kappa shape index (κ1) is 9.72. The van der Waals surface area contributed by atoms with Crippen molar-refractivity contribution in [3.05, 3.63) is 35.9 Å². The van der Waals surface area contributed by atoms with Gasteiger partial charge in [0.1, 0.15) is 0 Å². The first-order valence-corrected chi connectivity index (χ1v) is 5.50. The van der Waals surface area contributed by atoms with Crippen LogP contribution in [0.5, 0.6) is 0 Å². The van der Waals surface area contributed by atoms with E-state index in [-0.39, 0.29) is 0 Å². The van der Waals surface area contributed by atoms with Gasteiger partial charge in [-0.25, -0.2) is 0 Å². The SMILES string of the molecule is CCC1OC1C(C)Cc1ccccc1. The monoisotopic (exact) mass is 190 g/mol. The molecule has 0 aromatic heterocycles. The zero-order valence-electron chi connectivity index (χ0n) is 8.94. The fourth-order valence-corrected chi connectivity index (χ4v) is 2.09. The minimum atomic E-state index is 0.514. The lowest BCUT2D eigenvalue weighted by Crippen LogP contribution is -2.09. The number of epoxide rings is 1. The van der Waals surface area contributed by atoms with Gasteiger partial charge in [0.25, 0.3) is 0 Å². The number of benzene rings is 1. The minimum Gasteiger partial charge on any atom is -0.369 e. The minimum absolute atomic E-state index is 0.514. The maximum absolute atomic E-state index is 5.60. The molecular formula is C13H18O. The van der Waals surface area contributed by atoms with E-state index in [1.807, 2.05) is 0 Å². The smallest absolute Gasteiger partial charge is 0.0870 e. The van der Waals surface area contributed by atoms with Crippen molar-refractivity contribution in [3.8, 4) is 0 Å². The average Bonchev–Trinajstić information content (AvgIpc) is 2.98. The Balaban J connectivity index is 1.87. The zero-order valence-corrected chi connectivity index (χ0v) is 8.94. The summed E-state index contributed by atoms with van der Waals surface area (Å²) in [6, 6.07) is 10.7. The van der Waals surface area contributed by atoms with Gasteiger partial charge >= 0.3 is 0 Å². The van der Waals surface area contributed by atoms with E-state index in [1.165, 1.54) is 5.56 Å². The maximum atomic E-state index is 5.60. The molecule has 0 saturated carbocycles. The van der Waals surface area contributed by atoms with E-state index in [4.69, 9.17) is 4.74 Å². The van der Waals surface area contributed by atoms with E-state index in [1.54, 1.807) is 0 Å². The zero-order chi connectivity index (χ0) is 9.97. The molecule has 1 aromatic carbocycles. The third-order valence-corrected chi connectivity index (χ3v) is 2.99. The molecule has 2 rings (SSSR count). The molecule has 0 amide bonds. The summed E-state index contributed by atoms with van der Waals surface area (Å²) in [5.41, 5.74) is 1.42. The van der Waals surface area contributed by atoms with Gasteiger partial charge in [-0.3, -0.25) is 0 Å². The molecule has 1 saturated heterocycles. The number of hydrogen-bond acceptors (Lipinski definition) is 1. The molecule has 1 fully saturated rings. The molecule has 0 radical (unpaired) electrons. The number of rotatable bonds is 4. The van der Waals surface area contributed by atoms with Crippen molar-refractivity contribution in [2.75, 3.05) is 0 Å². The molecule has 3 atom stereocenters. The van der Waals surface area contributed by atoms with Crippen LogP contribution in [0, 0.1) is 5.92 Å². The molecule has 0 aliphatic carbocycles. The standard InChI is InChI=1S/C13H18O/c1-3-12-13(14-12)10(2)9-11-7-5-4-6-8-11/h4-8,10,12-13H,3,9H2,1-2H3. The molecule has 1 aliphatic heterocycles. The summed E-state index contributed by atoms with van der Waals surface area (Å²) < 4.78 is 5.60. The van der Waals surface area contributed by atoms with Crippen molar-refractivity contribution in [1.29, 1.82) is 0 Å². The maximum Gasteiger partial charge on any atom is 0.0870 e. The molecule has 1 aromatic rings. The van der Waals surface area contributed by atoms with Crippen LogP contribution in [-0.4, -0.2) is 12.2 Å². The van der Waals surface area contributed by atoms with E-state index >= 15 is 0 Å². The van der Waals surface area contributed by atoms with Crippen molar-refractivity contribution in [2.45, 2.75) is 38.9 Å². The third-order valence-electron chi connectivity index (χ3n) is 2.99. The highest BCUT2D eigenvalue weighted by Crippen LogP contribution is 2.33. The fraction of sp³-hybridized carbons (Fsp3) is 0.538. The summed E-state index contributed by atoms with van der Waals surface area (Å²) in [5, 5.41) is 0. The normalized spacial score (nSPS) is 27.3. The predicted molar refractivity (Wildman–Crippen MR) is 58.3 cm³/mol. The first-order valence-electron chi connectivity index (χ1n) is 5.50. The Bertz CT molecular complexity index is 281. The van der Waals surface area contributed by atoms with Crippen LogP contribution in [0.1, 0.15) is 25.8 Å². The third kappa shape index (κ3) is 2.16. The second kappa shape index (κ2) is 4.14. The van der Waals surface area contributed by atoms with Crippen LogP contribution in [0.3, 0.4) is 0 Å². The van der Waals surface area contributed by atoms with Crippen LogP contribution in [-0.2, 0) is 11.2 Å². The lowest BCUT2D eigenvalue weighted by atomic mass is 9.96. The predicted octanol–water partition coefficient (Wildman–Crippen LogP) is 3.04. The molecule has 1 nitrogen and oxygen atoms in total. The van der Waals surface area contributed by atoms with Crippen LogP contribution < -0.4 is 0 Å². The Hall–Kier alpha value is -0.820. The van der Waals surface area contributed by atoms with Crippen LogP contribution in [0.4, 0.5) is 0 Å². The van der Waals surface area contributed by atoms with Crippen LogP contribution in [0.15, 0.2) is 30.3 Å². The van der Waals surface area contributed by atoms with Crippen LogP contribution >= 0.6 is 0 Å². The van der Waals surface area contributed by atoms with Gasteiger partial charge in [-0.1, -0.05) is 44.2 Å². The average molecular weight is 190 g/mol. The largest absolute Gasteiger partial charge is 0.369 e. The van der Waals surface area contributed by atoms with Crippen molar-refractivity contribution in [3.63, 3.8) is 0 Å². The Morgan fingerprint density at radius 1 is 1.29 bits per heavy atom. The van der Waals surface area contributed by atoms with Gasteiger partial charge in [-0.2, -0.15) is 0 Å². The van der Waals surface area contributed by atoms with Crippen LogP contribution in [0.2, 0.25) is 0 Å². The van der Waals surface area contributed by atoms with Crippen molar-refractivity contribution in [2.24, 2.45) is 5.92 Å². The lowest BCUT2D eigenvalue weighted by molar-refractivity contribution is 0.322. The Kier molecular flexibility index (Phi) is 2.87. The number of ether oxygens (including phenoxy) is 1. The molecule has 0 N–H and O–H groups in total. The molecule has 14 heavy (non-hydrogen) atoms. The Labute approximate surface area is 86.1 Å². The lowest BCUT2D eigenvalue weighted by Gasteiger charge is -2.07. The summed E-state index contributed by atoms with van der Waals surface area (Å²) in [5.74, 6) is 0.655. The van der Waals surface area contributed by atoms with Crippen molar-refractivity contribution >= 4 is 0 Å². The highest BCUT2D eigenvalue weighted by atomic mass is 16.6. The van der Waals surface area contributed by atoms with Gasteiger partial charge in [0, 0.05) is 0 Å². The van der Waals surface area contributed by atoms with Crippen LogP contribution in [0.25, 0.3) is 0 Å². The summed E-state index contributed by atoms with van der Waals surface area (Å²) in [6.07, 6.45) is 3.35. The van der Waals surface area contributed by atoms with E-state index in [9.17, 15) is 0 Å². The van der Waals surface area contributed by atoms with E-state index in [0.717, 1.165) is 12.8 Å². The van der Waals surface area contributed by atoms with Crippen molar-refractivity contribution < 1.29 is 4.74 Å². The molecule has 76 valence electrons. The second-order valence-electron chi connectivity index (χ2n) is 4.21. The molecule has 0 bridgehead atoms. The summed E-state index contributed by atoms with van der Waals surface area (Å²) in [7, 11) is 0. The molecule has 1 aliphatic rings. The highest BCUT2D eigenvalue weighted by molar-refractivity contribution is 5.15. The quantitative estimate of drug-likeness (QED) is 0.665. The molecular weight excluding hydrogens is 172 g/mol. The summed E-state index contributed by atoms with van der Waals surface area (Å²) in [4.78, 5) is 0. The second-order valence-corrected chi connectivity index (χ2v) is 4.21. The van der Waals surface area contributed by atoms with Gasteiger partial charge in [0.2, 0.25) is 0 Å². The van der Waals surface area contributed by atoms with E-state index < -0.39 is 0 Å². The van der Waals surface area contributed by atoms with Crippen molar-refractivity contribution in [1.82, 2.24) is 0 Å². The molecule has 1 heterocycles. The van der Waals surface area contributed by atoms with Gasteiger partial charge in [0.05, 0.1) is 12.2 Å². The number of hydrogen-bond donors (Lipinski definition) is 0. The molecule has 3 unspecified atom stereocenters. The fourth-order valence-electron chi connectivity index (χ4n) is 2.09. The Morgan fingerprint density at radius 3 is 2.57 bits per heavy atom. The van der Waals surface area contributed by atoms with Gasteiger partial charge in [-0.15, -0.1) is 0 Å².